The number of hydrogen-bond acceptors (Lipinski definition) is 16. The zero-order chi connectivity index (χ0) is 56.6. The summed E-state index contributed by atoms with van der Waals surface area (Å²) in [7, 11) is -2.53. The number of piperidine rings is 1. The van der Waals surface area contributed by atoms with Gasteiger partial charge in [0.25, 0.3) is 5.91 Å². The first-order valence-electron chi connectivity index (χ1n) is 26.7. The highest BCUT2D eigenvalue weighted by molar-refractivity contribution is 7.92. The number of benzene rings is 3. The highest BCUT2D eigenvalue weighted by atomic mass is 32.2. The van der Waals surface area contributed by atoms with Gasteiger partial charge in [0.15, 0.2) is 21.8 Å². The summed E-state index contributed by atoms with van der Waals surface area (Å²) in [6.45, 7) is 16.8. The second-order valence-electron chi connectivity index (χ2n) is 22.6. The van der Waals surface area contributed by atoms with Crippen LogP contribution in [0.4, 0.5) is 22.2 Å². The molecule has 4 amide bonds. The van der Waals surface area contributed by atoms with Crippen LogP contribution < -0.4 is 35.6 Å². The first-order valence-corrected chi connectivity index (χ1v) is 28.2. The van der Waals surface area contributed by atoms with Crippen molar-refractivity contribution in [2.24, 2.45) is 5.41 Å². The number of amides is 4. The molecule has 3 aromatic carbocycles. The number of aromatic amines is 1. The van der Waals surface area contributed by atoms with Crippen LogP contribution in [0.15, 0.2) is 78.2 Å². The number of nitrogens with one attached hydrogen (secondary N) is 5. The number of carbonyl (C=O) groups excluding carboxylic acids is 4. The lowest BCUT2D eigenvalue weighted by molar-refractivity contribution is -0.148. The average Bonchev–Trinajstić information content (AvgIpc) is 3.75. The van der Waals surface area contributed by atoms with Crippen LogP contribution in [0.3, 0.4) is 0 Å². The van der Waals surface area contributed by atoms with Gasteiger partial charge in [-0.1, -0.05) is 51.1 Å². The van der Waals surface area contributed by atoms with Crippen molar-refractivity contribution in [1.82, 2.24) is 51.0 Å². The summed E-state index contributed by atoms with van der Waals surface area (Å²) in [6.07, 6.45) is 4.41. The Morgan fingerprint density at radius 1 is 0.848 bits per heavy atom. The zero-order valence-electron chi connectivity index (χ0n) is 46.4. The molecule has 0 spiro atoms. The first kappa shape index (κ1) is 55.9. The van der Waals surface area contributed by atoms with E-state index in [2.05, 4.69) is 62.4 Å². The molecule has 0 radical (unpaired) electrons. The largest absolute Gasteiger partial charge is 0.489 e. The molecular weight excluding hydrogens is 1030 g/mol. The van der Waals surface area contributed by atoms with Gasteiger partial charge < -0.3 is 45.3 Å². The molecule has 2 aliphatic heterocycles. The van der Waals surface area contributed by atoms with Crippen molar-refractivity contribution in [1.29, 1.82) is 0 Å². The second-order valence-corrected chi connectivity index (χ2v) is 25.3. The fourth-order valence-electron chi connectivity index (χ4n) is 10.2. The molecule has 4 atom stereocenters. The lowest BCUT2D eigenvalue weighted by Gasteiger charge is -2.41. The van der Waals surface area contributed by atoms with Gasteiger partial charge in [-0.05, 0) is 107 Å². The Hall–Kier alpha value is -7.88. The number of hydrogen-bond donors (Lipinski definition) is 5. The topological polar surface area (TPSA) is 265 Å². The van der Waals surface area contributed by atoms with E-state index in [-0.39, 0.29) is 47.5 Å². The lowest BCUT2D eigenvalue weighted by Crippen LogP contribution is -2.61. The van der Waals surface area contributed by atoms with Crippen molar-refractivity contribution in [3.05, 3.63) is 107 Å². The van der Waals surface area contributed by atoms with E-state index in [0.29, 0.717) is 60.0 Å². The number of aryl methyl sites for hydroxylation is 2. The normalized spacial score (nSPS) is 17.6. The number of anilines is 3. The molecule has 0 saturated carbocycles. The van der Waals surface area contributed by atoms with Crippen molar-refractivity contribution >= 4 is 62.0 Å². The minimum atomic E-state index is -3.91. The first-order chi connectivity index (χ1) is 37.5. The van der Waals surface area contributed by atoms with E-state index in [1.807, 2.05) is 71.0 Å². The Labute approximate surface area is 460 Å². The molecule has 6 aromatic rings. The SMILES string of the molecule is CNC(=O)O[C@@H](C)C(=O)N[C@H](C(=O)N1Cc2cc(Oc3cc(N4CCC(Oc5cc6ncnc(Nc7n[nH]c(C)c7C)c6cc5S(=O)(=O)C(C)(C)C)CC4)ncn3)ccc2C[C@H]1C(=O)N[C@@H]1CCCc2ccccc21)C(C)(C)C. The standard InChI is InChI=1S/C57H70N12O9S/c1-32-33(2)66-67-50(32)65-51-41-26-46(79(74,75)57(7,8)9)45(27-43(41)59-30-62-51)77-38-20-22-68(23-21-38)47-28-48(61-31-60-47)78-39-19-18-36-25-44(53(71)63-42-17-13-15-35-14-11-12-16-40(35)42)69(29-37(36)24-39)54(72)49(56(4,5)6)64-52(70)34(3)76-55(73)58-10/h11-12,14,16,18-19,24,26-28,30-31,34,38,42,44,49H,13,15,17,20-23,25,29H2,1-10H3,(H,58,73)(H,63,71)(H,64,70)(H2,59,62,65,66,67)/t34-,42+,44-,49+/m0/s1. The zero-order valence-corrected chi connectivity index (χ0v) is 47.2. The molecule has 22 heteroatoms. The van der Waals surface area contributed by atoms with Crippen molar-refractivity contribution in [2.45, 2.75) is 147 Å². The number of nitrogens with zero attached hydrogens (tertiary/aromatic N) is 7. The van der Waals surface area contributed by atoms with Crippen LogP contribution in [0, 0.1) is 19.3 Å². The van der Waals surface area contributed by atoms with Crippen LogP contribution >= 0.6 is 0 Å². The number of H-pyrrole nitrogens is 1. The van der Waals surface area contributed by atoms with Crippen molar-refractivity contribution < 1.29 is 41.8 Å². The van der Waals surface area contributed by atoms with E-state index < -0.39 is 56.1 Å². The Morgan fingerprint density at radius 2 is 1.59 bits per heavy atom. The Morgan fingerprint density at radius 3 is 2.30 bits per heavy atom. The lowest BCUT2D eigenvalue weighted by atomic mass is 9.83. The number of aromatic nitrogens is 6. The van der Waals surface area contributed by atoms with Gasteiger partial charge >= 0.3 is 6.09 Å². The van der Waals surface area contributed by atoms with Gasteiger partial charge in [-0.25, -0.2) is 33.1 Å². The molecule has 1 fully saturated rings. The molecule has 9 rings (SSSR count). The third-order valence-electron chi connectivity index (χ3n) is 15.0. The predicted octanol–water partition coefficient (Wildman–Crippen LogP) is 7.64. The quantitative estimate of drug-likeness (QED) is 0.0701. The monoisotopic (exact) mass is 1100 g/mol. The van der Waals surface area contributed by atoms with Crippen molar-refractivity contribution in [2.75, 3.05) is 30.4 Å². The molecule has 5 heterocycles. The Bertz CT molecular complexity index is 3400. The maximum atomic E-state index is 15.0. The summed E-state index contributed by atoms with van der Waals surface area (Å²) in [6, 6.07) is 16.4. The van der Waals surface area contributed by atoms with Crippen LogP contribution in [-0.2, 0) is 48.3 Å². The van der Waals surface area contributed by atoms with Crippen LogP contribution in [0.25, 0.3) is 10.9 Å². The van der Waals surface area contributed by atoms with Gasteiger partial charge in [0.1, 0.15) is 58.9 Å². The molecule has 79 heavy (non-hydrogen) atoms. The maximum Gasteiger partial charge on any atom is 0.407 e. The molecule has 0 bridgehead atoms. The van der Waals surface area contributed by atoms with Crippen LogP contribution in [0.1, 0.15) is 114 Å². The molecule has 21 nitrogen and oxygen atoms in total. The highest BCUT2D eigenvalue weighted by Gasteiger charge is 2.44. The van der Waals surface area contributed by atoms with Crippen molar-refractivity contribution in [3.63, 3.8) is 0 Å². The smallest absolute Gasteiger partial charge is 0.407 e. The summed E-state index contributed by atoms with van der Waals surface area (Å²) in [4.78, 5) is 76.7. The fourth-order valence-corrected chi connectivity index (χ4v) is 11.5. The Kier molecular flexibility index (Phi) is 15.9. The summed E-state index contributed by atoms with van der Waals surface area (Å²) < 4.78 is 45.5. The molecular formula is C57H70N12O9S. The molecule has 3 aromatic heterocycles. The molecule has 1 aliphatic carbocycles. The number of carbonyl (C=O) groups is 4. The average molecular weight is 1100 g/mol. The number of ether oxygens (including phenoxy) is 3. The van der Waals surface area contributed by atoms with Gasteiger partial charge in [-0.3, -0.25) is 19.5 Å². The van der Waals surface area contributed by atoms with Gasteiger partial charge in [0.2, 0.25) is 17.7 Å². The van der Waals surface area contributed by atoms with E-state index >= 15 is 0 Å². The van der Waals surface area contributed by atoms with E-state index in [1.165, 1.54) is 37.1 Å². The van der Waals surface area contributed by atoms with E-state index in [1.54, 1.807) is 39.0 Å². The molecule has 0 unspecified atom stereocenters. The summed E-state index contributed by atoms with van der Waals surface area (Å²) >= 11 is 0. The summed E-state index contributed by atoms with van der Waals surface area (Å²) in [5, 5.41) is 19.5. The molecule has 1 saturated heterocycles. The fraction of sp³-hybridized carbons (Fsp3) is 0.456. The number of alkyl carbamates (subject to hydrolysis) is 1. The highest BCUT2D eigenvalue weighted by Crippen LogP contribution is 2.40. The van der Waals surface area contributed by atoms with Gasteiger partial charge in [-0.15, -0.1) is 0 Å². The Balaban J connectivity index is 0.916. The number of rotatable bonds is 14. The minimum Gasteiger partial charge on any atom is -0.489 e. The predicted molar refractivity (Wildman–Crippen MR) is 297 cm³/mol. The molecule has 418 valence electrons. The second kappa shape index (κ2) is 22.5. The van der Waals surface area contributed by atoms with Crippen LogP contribution in [-0.4, -0.2) is 116 Å². The molecule has 3 aliphatic rings. The third kappa shape index (κ3) is 12.1. The minimum absolute atomic E-state index is 0.0314. The van der Waals surface area contributed by atoms with Crippen LogP contribution in [0.5, 0.6) is 17.4 Å². The molecule has 5 N–H and O–H groups in total. The summed E-state index contributed by atoms with van der Waals surface area (Å²) in [5.41, 5.74) is 5.33. The van der Waals surface area contributed by atoms with Gasteiger partial charge in [-0.2, -0.15) is 5.10 Å². The maximum absolute atomic E-state index is 15.0. The van der Waals surface area contributed by atoms with Gasteiger partial charge in [0.05, 0.1) is 16.3 Å². The van der Waals surface area contributed by atoms with E-state index in [0.717, 1.165) is 47.2 Å². The van der Waals surface area contributed by atoms with E-state index in [9.17, 15) is 27.6 Å². The third-order valence-corrected chi connectivity index (χ3v) is 17.5. The van der Waals surface area contributed by atoms with Gasteiger partial charge in [0, 0.05) is 74.7 Å². The number of fused-ring (bicyclic) bond motifs is 3. The van der Waals surface area contributed by atoms with Crippen LogP contribution in [0.2, 0.25) is 0 Å². The summed E-state index contributed by atoms with van der Waals surface area (Å²) in [5.74, 6) is 1.12. The number of sulfone groups is 1. The van der Waals surface area contributed by atoms with Crippen molar-refractivity contribution in [3.8, 4) is 17.4 Å². The van der Waals surface area contributed by atoms with E-state index in [4.69, 9.17) is 14.2 Å².